The highest BCUT2D eigenvalue weighted by Gasteiger charge is 2.44. The van der Waals surface area contributed by atoms with Gasteiger partial charge in [0.2, 0.25) is 5.91 Å². The molecular formula is C21H39N5O3. The second kappa shape index (κ2) is 10.2. The van der Waals surface area contributed by atoms with Crippen molar-refractivity contribution >= 4 is 18.0 Å². The highest BCUT2D eigenvalue weighted by molar-refractivity contribution is 5.85. The van der Waals surface area contributed by atoms with Crippen LogP contribution >= 0.6 is 0 Å². The van der Waals surface area contributed by atoms with Gasteiger partial charge in [0.15, 0.2) is 5.96 Å². The first-order chi connectivity index (χ1) is 13.6. The Morgan fingerprint density at radius 3 is 2.55 bits per heavy atom. The summed E-state index contributed by atoms with van der Waals surface area (Å²) in [5.74, 6) is 1.70. The summed E-state index contributed by atoms with van der Waals surface area (Å²) in [6.45, 7) is 10.5. The molecule has 1 saturated heterocycles. The number of hydrogen-bond donors (Lipinski definition) is 2. The summed E-state index contributed by atoms with van der Waals surface area (Å²) < 4.78 is 5.43. The molecule has 1 aliphatic carbocycles. The summed E-state index contributed by atoms with van der Waals surface area (Å²) in [7, 11) is 3.49. The number of hydrogen-bond acceptors (Lipinski definition) is 4. The number of fused-ring (bicyclic) bond motifs is 1. The van der Waals surface area contributed by atoms with Crippen LogP contribution < -0.4 is 10.6 Å². The predicted octanol–water partition coefficient (Wildman–Crippen LogP) is 2.06. The number of unbranched alkanes of at least 4 members (excludes halogenated alkanes) is 1. The van der Waals surface area contributed by atoms with E-state index in [-0.39, 0.29) is 24.6 Å². The van der Waals surface area contributed by atoms with Gasteiger partial charge in [-0.15, -0.1) is 0 Å². The van der Waals surface area contributed by atoms with Crippen molar-refractivity contribution in [2.45, 2.75) is 65.0 Å². The zero-order chi connectivity index (χ0) is 21.6. The van der Waals surface area contributed by atoms with Gasteiger partial charge in [-0.05, 0) is 46.0 Å². The second-order valence-corrected chi connectivity index (χ2v) is 9.37. The second-order valence-electron chi connectivity index (χ2n) is 9.37. The Morgan fingerprint density at radius 1 is 1.21 bits per heavy atom. The highest BCUT2D eigenvalue weighted by atomic mass is 16.6. The standard InChI is InChI=1S/C21H39N5O3/c1-7-8-11-22-19(23-12-18(27)25(5)6)26-13-15-9-10-17(16(15)14-26)24-20(28)29-21(2,3)4/h15-17H,7-14H2,1-6H3,(H,22,23)(H,24,28). The van der Waals surface area contributed by atoms with Crippen molar-refractivity contribution in [3.8, 4) is 0 Å². The van der Waals surface area contributed by atoms with E-state index in [2.05, 4.69) is 27.4 Å². The Bertz CT molecular complexity index is 600. The largest absolute Gasteiger partial charge is 0.444 e. The monoisotopic (exact) mass is 409 g/mol. The molecule has 0 aromatic heterocycles. The fraction of sp³-hybridized carbons (Fsp3) is 0.857. The lowest BCUT2D eigenvalue weighted by Gasteiger charge is -2.26. The van der Waals surface area contributed by atoms with E-state index in [9.17, 15) is 9.59 Å². The summed E-state index contributed by atoms with van der Waals surface area (Å²) in [6, 6.07) is 0.125. The van der Waals surface area contributed by atoms with E-state index in [0.29, 0.717) is 11.8 Å². The molecule has 8 nitrogen and oxygen atoms in total. The third-order valence-corrected chi connectivity index (χ3v) is 5.53. The lowest BCUT2D eigenvalue weighted by Crippen LogP contribution is -2.45. The molecule has 0 spiro atoms. The van der Waals surface area contributed by atoms with Gasteiger partial charge in [0.1, 0.15) is 12.1 Å². The minimum Gasteiger partial charge on any atom is -0.444 e. The van der Waals surface area contributed by atoms with Gasteiger partial charge in [0.25, 0.3) is 0 Å². The molecular weight excluding hydrogens is 370 g/mol. The maximum absolute atomic E-state index is 12.2. The van der Waals surface area contributed by atoms with E-state index in [1.165, 1.54) is 0 Å². The Hall–Kier alpha value is -1.99. The third-order valence-electron chi connectivity index (χ3n) is 5.53. The van der Waals surface area contributed by atoms with Gasteiger partial charge in [-0.1, -0.05) is 13.3 Å². The zero-order valence-corrected chi connectivity index (χ0v) is 19.0. The van der Waals surface area contributed by atoms with Crippen LogP contribution in [0.2, 0.25) is 0 Å². The predicted molar refractivity (Wildman–Crippen MR) is 115 cm³/mol. The van der Waals surface area contributed by atoms with Crippen LogP contribution in [0.5, 0.6) is 0 Å². The van der Waals surface area contributed by atoms with Gasteiger partial charge in [0, 0.05) is 45.7 Å². The average Bonchev–Trinajstić information content (AvgIpc) is 3.18. The number of nitrogens with one attached hydrogen (secondary N) is 2. The molecule has 0 bridgehead atoms. The number of alkyl carbamates (subject to hydrolysis) is 1. The van der Waals surface area contributed by atoms with Gasteiger partial charge in [-0.2, -0.15) is 0 Å². The van der Waals surface area contributed by atoms with E-state index >= 15 is 0 Å². The molecule has 2 N–H and O–H groups in total. The van der Waals surface area contributed by atoms with Gasteiger partial charge in [-0.3, -0.25) is 4.79 Å². The number of guanidine groups is 1. The lowest BCUT2D eigenvalue weighted by molar-refractivity contribution is -0.127. The van der Waals surface area contributed by atoms with Crippen LogP contribution in [0.3, 0.4) is 0 Å². The van der Waals surface area contributed by atoms with Crippen molar-refractivity contribution in [3.05, 3.63) is 0 Å². The van der Waals surface area contributed by atoms with Gasteiger partial charge >= 0.3 is 6.09 Å². The van der Waals surface area contributed by atoms with Gasteiger partial charge in [0.05, 0.1) is 0 Å². The van der Waals surface area contributed by atoms with E-state index in [1.54, 1.807) is 19.0 Å². The Labute approximate surface area is 175 Å². The molecule has 2 aliphatic rings. The normalized spacial score (nSPS) is 24.3. The first kappa shape index (κ1) is 23.3. The number of rotatable bonds is 6. The SMILES string of the molecule is CCCCNC(=NCC(=O)N(C)C)N1CC2CCC(NC(=O)OC(C)(C)C)C2C1. The quantitative estimate of drug-likeness (QED) is 0.398. The first-order valence-electron chi connectivity index (χ1n) is 10.8. The molecule has 1 heterocycles. The van der Waals surface area contributed by atoms with Crippen LogP contribution in [0.25, 0.3) is 0 Å². The molecule has 2 fully saturated rings. The molecule has 3 atom stereocenters. The van der Waals surface area contributed by atoms with Crippen LogP contribution in [0.4, 0.5) is 4.79 Å². The summed E-state index contributed by atoms with van der Waals surface area (Å²) in [5, 5.41) is 6.50. The van der Waals surface area contributed by atoms with Crippen LogP contribution in [-0.2, 0) is 9.53 Å². The fourth-order valence-corrected chi connectivity index (χ4v) is 4.01. The molecule has 3 unspecified atom stereocenters. The number of likely N-dealkylation sites (N-methyl/N-ethyl adjacent to an activating group) is 1. The van der Waals surface area contributed by atoms with Crippen molar-refractivity contribution in [3.63, 3.8) is 0 Å². The van der Waals surface area contributed by atoms with E-state index in [0.717, 1.165) is 51.3 Å². The van der Waals surface area contributed by atoms with Crippen molar-refractivity contribution in [1.29, 1.82) is 0 Å². The smallest absolute Gasteiger partial charge is 0.407 e. The summed E-state index contributed by atoms with van der Waals surface area (Å²) in [6.07, 6.45) is 3.89. The average molecular weight is 410 g/mol. The molecule has 2 amide bonds. The summed E-state index contributed by atoms with van der Waals surface area (Å²) in [5.41, 5.74) is -0.494. The summed E-state index contributed by atoms with van der Waals surface area (Å²) >= 11 is 0. The van der Waals surface area contributed by atoms with Crippen molar-refractivity contribution in [1.82, 2.24) is 20.4 Å². The maximum Gasteiger partial charge on any atom is 0.407 e. The van der Waals surface area contributed by atoms with E-state index < -0.39 is 5.60 Å². The van der Waals surface area contributed by atoms with Crippen LogP contribution in [0.1, 0.15) is 53.4 Å². The Balaban J connectivity index is 1.99. The van der Waals surface area contributed by atoms with E-state index in [1.807, 2.05) is 20.8 Å². The molecule has 0 aromatic rings. The molecule has 29 heavy (non-hydrogen) atoms. The number of amides is 2. The first-order valence-corrected chi connectivity index (χ1v) is 10.8. The fourth-order valence-electron chi connectivity index (χ4n) is 4.01. The minimum atomic E-state index is -0.494. The molecule has 1 saturated carbocycles. The van der Waals surface area contributed by atoms with Crippen LogP contribution in [0.15, 0.2) is 4.99 Å². The number of nitrogens with zero attached hydrogens (tertiary/aromatic N) is 3. The third kappa shape index (κ3) is 7.08. The molecule has 8 heteroatoms. The number of carbonyl (C=O) groups is 2. The van der Waals surface area contributed by atoms with Gasteiger partial charge < -0.3 is 25.2 Å². The lowest BCUT2D eigenvalue weighted by atomic mass is 9.98. The molecule has 166 valence electrons. The Kier molecular flexibility index (Phi) is 8.16. The van der Waals surface area contributed by atoms with Crippen molar-refractivity contribution < 1.29 is 14.3 Å². The molecule has 2 rings (SSSR count). The zero-order valence-electron chi connectivity index (χ0n) is 19.0. The number of ether oxygens (including phenoxy) is 1. The van der Waals surface area contributed by atoms with E-state index in [4.69, 9.17) is 4.74 Å². The number of carbonyl (C=O) groups excluding carboxylic acids is 2. The Morgan fingerprint density at radius 2 is 1.93 bits per heavy atom. The van der Waals surface area contributed by atoms with Crippen LogP contribution in [-0.4, -0.2) is 79.7 Å². The molecule has 1 aliphatic heterocycles. The topological polar surface area (TPSA) is 86.3 Å². The number of likely N-dealkylation sites (tertiary alicyclic amines) is 1. The minimum absolute atomic E-state index is 0.0105. The highest BCUT2D eigenvalue weighted by Crippen LogP contribution is 2.38. The molecule has 0 radical (unpaired) electrons. The maximum atomic E-state index is 12.2. The number of aliphatic imine (C=N–C) groups is 1. The van der Waals surface area contributed by atoms with Crippen molar-refractivity contribution in [2.24, 2.45) is 16.8 Å². The van der Waals surface area contributed by atoms with Crippen LogP contribution in [0, 0.1) is 11.8 Å². The van der Waals surface area contributed by atoms with Crippen molar-refractivity contribution in [2.75, 3.05) is 40.3 Å². The van der Waals surface area contributed by atoms with Gasteiger partial charge in [-0.25, -0.2) is 9.79 Å². The summed E-state index contributed by atoms with van der Waals surface area (Å²) in [4.78, 5) is 32.6. The molecule has 0 aromatic carbocycles.